The Bertz CT molecular complexity index is 850. The molecule has 2 saturated heterocycles. The summed E-state index contributed by atoms with van der Waals surface area (Å²) in [5, 5.41) is 8.85. The van der Waals surface area contributed by atoms with E-state index in [1.165, 1.54) is 18.4 Å². The Labute approximate surface area is 177 Å². The van der Waals surface area contributed by atoms with Crippen LogP contribution in [0.5, 0.6) is 5.75 Å². The topological polar surface area (TPSA) is 65.5 Å². The fourth-order valence-corrected chi connectivity index (χ4v) is 4.67. The first kappa shape index (κ1) is 20.8. The third-order valence-corrected chi connectivity index (χ3v) is 6.21. The maximum Gasteiger partial charge on any atom is 0.123 e. The summed E-state index contributed by atoms with van der Waals surface area (Å²) in [6, 6.07) is 17.3. The van der Waals surface area contributed by atoms with E-state index in [1.807, 2.05) is 24.3 Å². The summed E-state index contributed by atoms with van der Waals surface area (Å²) in [6.07, 6.45) is 3.24. The zero-order valence-corrected chi connectivity index (χ0v) is 17.2. The lowest BCUT2D eigenvalue weighted by molar-refractivity contribution is 0.0563. The molecule has 6 heteroatoms. The number of nitrogens with zero attached hydrogens (tertiary/aromatic N) is 3. The average molecular weight is 409 g/mol. The number of rotatable bonds is 8. The summed E-state index contributed by atoms with van der Waals surface area (Å²) in [7, 11) is 0. The lowest BCUT2D eigenvalue weighted by atomic mass is 10.1. The zero-order chi connectivity index (χ0) is 20.9. The third-order valence-electron chi connectivity index (χ3n) is 6.21. The highest BCUT2D eigenvalue weighted by Gasteiger charge is 2.40. The summed E-state index contributed by atoms with van der Waals surface area (Å²) in [5.74, 6) is 0.594. The molecule has 2 aliphatic rings. The molecule has 4 rings (SSSR count). The standard InChI is InChI=1S/C24H29FN4O/c25-20-5-1-19(2-6-20)14-28-16-22-7-8-23(17-28)29(22)15-21(27)11-12-30-24-9-3-18(13-26)4-10-24/h1-6,9-10,21-23H,7-8,11-12,14-17,27H2. The van der Waals surface area contributed by atoms with Crippen molar-refractivity contribution in [2.45, 2.75) is 43.9 Å². The smallest absolute Gasteiger partial charge is 0.123 e. The molecule has 0 spiro atoms. The van der Waals surface area contributed by atoms with Crippen LogP contribution in [0.1, 0.15) is 30.4 Å². The molecule has 0 saturated carbocycles. The molecule has 2 N–H and O–H groups in total. The van der Waals surface area contributed by atoms with Crippen LogP contribution in [0, 0.1) is 17.1 Å². The van der Waals surface area contributed by atoms with E-state index in [0.29, 0.717) is 24.3 Å². The Kier molecular flexibility index (Phi) is 6.63. The third kappa shape index (κ3) is 5.17. The molecule has 3 atom stereocenters. The fraction of sp³-hybridized carbons (Fsp3) is 0.458. The van der Waals surface area contributed by atoms with Crippen LogP contribution >= 0.6 is 0 Å². The molecule has 158 valence electrons. The van der Waals surface area contributed by atoms with E-state index in [4.69, 9.17) is 15.7 Å². The maximum atomic E-state index is 13.1. The number of hydrogen-bond donors (Lipinski definition) is 1. The number of piperazine rings is 1. The van der Waals surface area contributed by atoms with Crippen LogP contribution in [-0.4, -0.2) is 54.2 Å². The van der Waals surface area contributed by atoms with Gasteiger partial charge in [0.1, 0.15) is 11.6 Å². The molecule has 2 aromatic rings. The van der Waals surface area contributed by atoms with Crippen LogP contribution in [0.25, 0.3) is 0 Å². The minimum atomic E-state index is -0.180. The van der Waals surface area contributed by atoms with Gasteiger partial charge in [-0.05, 0) is 61.2 Å². The van der Waals surface area contributed by atoms with Crippen molar-refractivity contribution in [3.63, 3.8) is 0 Å². The Hall–Kier alpha value is -2.46. The first-order valence-electron chi connectivity index (χ1n) is 10.7. The first-order valence-corrected chi connectivity index (χ1v) is 10.7. The predicted octanol–water partition coefficient (Wildman–Crippen LogP) is 3.14. The lowest BCUT2D eigenvalue weighted by Gasteiger charge is -2.42. The molecule has 2 aromatic carbocycles. The highest BCUT2D eigenvalue weighted by molar-refractivity contribution is 5.34. The van der Waals surface area contributed by atoms with Crippen LogP contribution in [0.4, 0.5) is 4.39 Å². The minimum Gasteiger partial charge on any atom is -0.494 e. The molecule has 2 fully saturated rings. The van der Waals surface area contributed by atoms with Crippen molar-refractivity contribution in [2.75, 3.05) is 26.2 Å². The van der Waals surface area contributed by atoms with Crippen LogP contribution in [0.3, 0.4) is 0 Å². The van der Waals surface area contributed by atoms with Gasteiger partial charge in [-0.25, -0.2) is 4.39 Å². The van der Waals surface area contributed by atoms with Gasteiger partial charge >= 0.3 is 0 Å². The number of likely N-dealkylation sites (tertiary alicyclic amines) is 1. The molecular formula is C24H29FN4O. The summed E-state index contributed by atoms with van der Waals surface area (Å²) >= 11 is 0. The van der Waals surface area contributed by atoms with Crippen molar-refractivity contribution >= 4 is 0 Å². The highest BCUT2D eigenvalue weighted by Crippen LogP contribution is 2.31. The van der Waals surface area contributed by atoms with Gasteiger partial charge in [0, 0.05) is 44.3 Å². The van der Waals surface area contributed by atoms with Crippen molar-refractivity contribution in [3.05, 3.63) is 65.5 Å². The summed E-state index contributed by atoms with van der Waals surface area (Å²) in [5.41, 5.74) is 8.23. The van der Waals surface area contributed by atoms with E-state index in [1.54, 1.807) is 24.3 Å². The number of hydrogen-bond acceptors (Lipinski definition) is 5. The summed E-state index contributed by atoms with van der Waals surface area (Å²) in [4.78, 5) is 5.08. The predicted molar refractivity (Wildman–Crippen MR) is 114 cm³/mol. The van der Waals surface area contributed by atoms with E-state index in [2.05, 4.69) is 15.9 Å². The Balaban J connectivity index is 1.22. The SMILES string of the molecule is N#Cc1ccc(OCCC(N)CN2C3CCC2CN(Cc2ccc(F)cc2)C3)cc1. The second-order valence-electron chi connectivity index (χ2n) is 8.44. The van der Waals surface area contributed by atoms with Crippen molar-refractivity contribution in [2.24, 2.45) is 5.73 Å². The summed E-state index contributed by atoms with van der Waals surface area (Å²) < 4.78 is 18.9. The molecule has 3 unspecified atom stereocenters. The van der Waals surface area contributed by atoms with Crippen LogP contribution in [-0.2, 0) is 6.54 Å². The molecule has 0 radical (unpaired) electrons. The Morgan fingerprint density at radius 1 is 1.07 bits per heavy atom. The van der Waals surface area contributed by atoms with Gasteiger partial charge < -0.3 is 10.5 Å². The van der Waals surface area contributed by atoms with Gasteiger partial charge in [0.2, 0.25) is 0 Å². The van der Waals surface area contributed by atoms with Gasteiger partial charge in [0.15, 0.2) is 0 Å². The Morgan fingerprint density at radius 2 is 1.73 bits per heavy atom. The summed E-state index contributed by atoms with van der Waals surface area (Å²) in [6.45, 7) is 4.44. The van der Waals surface area contributed by atoms with Crippen molar-refractivity contribution < 1.29 is 9.13 Å². The number of nitriles is 1. The maximum absolute atomic E-state index is 13.1. The minimum absolute atomic E-state index is 0.0788. The number of ether oxygens (including phenoxy) is 1. The number of nitrogens with two attached hydrogens (primary N) is 1. The molecule has 2 heterocycles. The van der Waals surface area contributed by atoms with Gasteiger partial charge in [0.25, 0.3) is 0 Å². The Morgan fingerprint density at radius 3 is 2.37 bits per heavy atom. The average Bonchev–Trinajstić information content (AvgIpc) is 2.98. The largest absolute Gasteiger partial charge is 0.494 e. The van der Waals surface area contributed by atoms with Gasteiger partial charge in [-0.3, -0.25) is 9.80 Å². The molecule has 0 aliphatic carbocycles. The highest BCUT2D eigenvalue weighted by atomic mass is 19.1. The van der Waals surface area contributed by atoms with Gasteiger partial charge in [-0.15, -0.1) is 0 Å². The molecule has 30 heavy (non-hydrogen) atoms. The number of benzene rings is 2. The van der Waals surface area contributed by atoms with Crippen molar-refractivity contribution in [1.29, 1.82) is 5.26 Å². The van der Waals surface area contributed by atoms with E-state index in [9.17, 15) is 4.39 Å². The van der Waals surface area contributed by atoms with Crippen LogP contribution in [0.2, 0.25) is 0 Å². The quantitative estimate of drug-likeness (QED) is 0.727. The molecule has 2 bridgehead atoms. The monoisotopic (exact) mass is 408 g/mol. The molecule has 0 amide bonds. The lowest BCUT2D eigenvalue weighted by Crippen LogP contribution is -2.56. The van der Waals surface area contributed by atoms with Crippen LogP contribution in [0.15, 0.2) is 48.5 Å². The second kappa shape index (κ2) is 9.57. The second-order valence-corrected chi connectivity index (χ2v) is 8.44. The van der Waals surface area contributed by atoms with E-state index in [0.717, 1.165) is 38.3 Å². The first-order chi connectivity index (χ1) is 14.6. The van der Waals surface area contributed by atoms with Gasteiger partial charge in [0.05, 0.1) is 18.2 Å². The molecule has 0 aromatic heterocycles. The van der Waals surface area contributed by atoms with Crippen molar-refractivity contribution in [3.8, 4) is 11.8 Å². The van der Waals surface area contributed by atoms with E-state index < -0.39 is 0 Å². The van der Waals surface area contributed by atoms with E-state index in [-0.39, 0.29) is 11.9 Å². The fourth-order valence-electron chi connectivity index (χ4n) is 4.67. The zero-order valence-electron chi connectivity index (χ0n) is 17.2. The van der Waals surface area contributed by atoms with Crippen LogP contribution < -0.4 is 10.5 Å². The van der Waals surface area contributed by atoms with Crippen molar-refractivity contribution in [1.82, 2.24) is 9.80 Å². The van der Waals surface area contributed by atoms with Gasteiger partial charge in [-0.2, -0.15) is 5.26 Å². The number of fused-ring (bicyclic) bond motifs is 2. The molecule has 2 aliphatic heterocycles. The molecular weight excluding hydrogens is 379 g/mol. The number of halogens is 1. The normalized spacial score (nSPS) is 22.6. The van der Waals surface area contributed by atoms with Gasteiger partial charge in [-0.1, -0.05) is 12.1 Å². The molecule has 5 nitrogen and oxygen atoms in total. The van der Waals surface area contributed by atoms with E-state index >= 15 is 0 Å².